The molecule has 1 aliphatic heterocycles. The van der Waals surface area contributed by atoms with Crippen LogP contribution in [0.3, 0.4) is 0 Å². The second-order valence-electron chi connectivity index (χ2n) is 9.93. The number of hydrogen-bond donors (Lipinski definition) is 1. The van der Waals surface area contributed by atoms with Gasteiger partial charge in [0.1, 0.15) is 6.10 Å². The Morgan fingerprint density at radius 2 is 1.91 bits per heavy atom. The summed E-state index contributed by atoms with van der Waals surface area (Å²) in [4.78, 5) is 12.7. The molecule has 0 spiro atoms. The zero-order chi connectivity index (χ0) is 23.8. The molecule has 1 heterocycles. The number of carbonyl (C=O) groups is 1. The van der Waals surface area contributed by atoms with Crippen molar-refractivity contribution in [2.24, 2.45) is 16.9 Å². The van der Waals surface area contributed by atoms with E-state index in [-0.39, 0.29) is 12.1 Å². The number of halogens is 1. The van der Waals surface area contributed by atoms with Crippen molar-refractivity contribution in [1.82, 2.24) is 0 Å². The van der Waals surface area contributed by atoms with Crippen molar-refractivity contribution in [3.63, 3.8) is 0 Å². The van der Waals surface area contributed by atoms with Gasteiger partial charge >= 0.3 is 5.97 Å². The van der Waals surface area contributed by atoms with Crippen LogP contribution in [0.4, 0.5) is 11.4 Å². The summed E-state index contributed by atoms with van der Waals surface area (Å²) in [7, 11) is 0. The number of nitrogen functional groups attached to an aromatic ring is 1. The number of ether oxygens (including phenoxy) is 1. The number of hydrazone groups is 1. The maximum absolute atomic E-state index is 12.7. The number of aryl methyl sites for hydroxylation is 1. The monoisotopic (exact) mass is 479 g/mol. The van der Waals surface area contributed by atoms with Crippen LogP contribution in [0.2, 0.25) is 5.02 Å². The topological polar surface area (TPSA) is 67.9 Å². The number of esters is 1. The smallest absolute Gasteiger partial charge is 0.338 e. The lowest BCUT2D eigenvalue weighted by Gasteiger charge is -2.34. The summed E-state index contributed by atoms with van der Waals surface area (Å²) in [5.41, 5.74) is 11.7. The Morgan fingerprint density at radius 3 is 2.62 bits per heavy atom. The molecule has 0 saturated heterocycles. The van der Waals surface area contributed by atoms with Gasteiger partial charge in [-0.1, -0.05) is 44.4 Å². The van der Waals surface area contributed by atoms with Gasteiger partial charge in [0, 0.05) is 11.5 Å². The van der Waals surface area contributed by atoms with E-state index >= 15 is 0 Å². The summed E-state index contributed by atoms with van der Waals surface area (Å²) in [6.07, 6.45) is 8.70. The van der Waals surface area contributed by atoms with E-state index in [9.17, 15) is 4.79 Å². The molecule has 2 aromatic rings. The van der Waals surface area contributed by atoms with Crippen molar-refractivity contribution in [2.75, 3.05) is 10.7 Å². The van der Waals surface area contributed by atoms with E-state index in [0.29, 0.717) is 34.2 Å². The molecule has 2 aromatic carbocycles. The van der Waals surface area contributed by atoms with Crippen LogP contribution in [-0.4, -0.2) is 23.8 Å². The number of anilines is 2. The van der Waals surface area contributed by atoms with E-state index in [1.165, 1.54) is 36.8 Å². The van der Waals surface area contributed by atoms with Crippen molar-refractivity contribution >= 4 is 34.7 Å². The molecule has 0 radical (unpaired) electrons. The Kier molecular flexibility index (Phi) is 6.57. The van der Waals surface area contributed by atoms with Gasteiger partial charge in [0.2, 0.25) is 0 Å². The minimum Gasteiger partial charge on any atom is -0.459 e. The number of carbonyl (C=O) groups excluding carboxylic acids is 1. The lowest BCUT2D eigenvalue weighted by molar-refractivity contribution is 0.0284. The predicted molar refractivity (Wildman–Crippen MR) is 139 cm³/mol. The third-order valence-electron chi connectivity index (χ3n) is 7.92. The molecular weight excluding hydrogens is 446 g/mol. The molecule has 5 nitrogen and oxygen atoms in total. The Bertz CT molecular complexity index is 1100. The van der Waals surface area contributed by atoms with Gasteiger partial charge in [-0.05, 0) is 80.3 Å². The number of fused-ring (bicyclic) bond motifs is 3. The molecule has 0 bridgehead atoms. The van der Waals surface area contributed by atoms with E-state index in [0.717, 1.165) is 37.1 Å². The van der Waals surface area contributed by atoms with Crippen LogP contribution in [0.25, 0.3) is 0 Å². The third-order valence-corrected chi connectivity index (χ3v) is 8.25. The first kappa shape index (κ1) is 23.2. The number of benzene rings is 2. The molecule has 6 heteroatoms. The third kappa shape index (κ3) is 4.19. The second kappa shape index (κ2) is 9.61. The van der Waals surface area contributed by atoms with E-state index in [1.54, 1.807) is 0 Å². The van der Waals surface area contributed by atoms with E-state index in [1.807, 2.05) is 44.2 Å². The first-order valence-electron chi connectivity index (χ1n) is 12.8. The number of nitrogens with zero attached hydrogens (tertiary/aromatic N) is 2. The largest absolute Gasteiger partial charge is 0.459 e. The standard InChI is InChI=1S/C28H34ClN3O2/c1-3-21(4-2)34-28(33)19-10-12-22-18(15-19)9-13-23-26(22)31-32(27(23)17-7-5-6-8-17)20-11-14-25(30)24(29)16-20/h10-12,14-17,21,23,27H,3-9,13,30H2,1-2H3. The first-order valence-corrected chi connectivity index (χ1v) is 13.1. The minimum atomic E-state index is -0.228. The lowest BCUT2D eigenvalue weighted by atomic mass is 9.75. The molecule has 2 unspecified atom stereocenters. The van der Waals surface area contributed by atoms with Crippen LogP contribution in [-0.2, 0) is 11.2 Å². The Balaban J connectivity index is 1.48. The van der Waals surface area contributed by atoms with Gasteiger partial charge in [-0.25, -0.2) is 4.79 Å². The molecule has 1 saturated carbocycles. The summed E-state index contributed by atoms with van der Waals surface area (Å²) >= 11 is 6.39. The van der Waals surface area contributed by atoms with Gasteiger partial charge in [-0.3, -0.25) is 5.01 Å². The summed E-state index contributed by atoms with van der Waals surface area (Å²) in [5.74, 6) is 0.779. The molecule has 2 atom stereocenters. The van der Waals surface area contributed by atoms with Gasteiger partial charge < -0.3 is 10.5 Å². The summed E-state index contributed by atoms with van der Waals surface area (Å²) in [5, 5.41) is 7.98. The van der Waals surface area contributed by atoms with Crippen LogP contribution in [0.5, 0.6) is 0 Å². The summed E-state index contributed by atoms with van der Waals surface area (Å²) in [6.45, 7) is 4.10. The van der Waals surface area contributed by atoms with Gasteiger partial charge in [-0.2, -0.15) is 5.10 Å². The molecule has 2 N–H and O–H groups in total. The van der Waals surface area contributed by atoms with Crippen molar-refractivity contribution in [1.29, 1.82) is 0 Å². The van der Waals surface area contributed by atoms with Crippen LogP contribution < -0.4 is 10.7 Å². The quantitative estimate of drug-likeness (QED) is 0.373. The second-order valence-corrected chi connectivity index (χ2v) is 10.3. The zero-order valence-electron chi connectivity index (χ0n) is 20.1. The Morgan fingerprint density at radius 1 is 1.15 bits per heavy atom. The van der Waals surface area contributed by atoms with Crippen molar-refractivity contribution < 1.29 is 9.53 Å². The normalized spacial score (nSPS) is 22.0. The molecular formula is C28H34ClN3O2. The van der Waals surface area contributed by atoms with Crippen LogP contribution in [0.1, 0.15) is 80.3 Å². The average molecular weight is 480 g/mol. The molecule has 3 aliphatic rings. The van der Waals surface area contributed by atoms with Crippen molar-refractivity contribution in [3.05, 3.63) is 58.1 Å². The van der Waals surface area contributed by atoms with Gasteiger partial charge in [-0.15, -0.1) is 0 Å². The first-order chi connectivity index (χ1) is 16.5. The van der Waals surface area contributed by atoms with Crippen LogP contribution in [0.15, 0.2) is 41.5 Å². The fraction of sp³-hybridized carbons (Fsp3) is 0.500. The van der Waals surface area contributed by atoms with E-state index in [2.05, 4.69) is 11.1 Å². The van der Waals surface area contributed by atoms with Crippen LogP contribution in [0, 0.1) is 11.8 Å². The van der Waals surface area contributed by atoms with E-state index < -0.39 is 0 Å². The summed E-state index contributed by atoms with van der Waals surface area (Å²) < 4.78 is 5.69. The highest BCUT2D eigenvalue weighted by Gasteiger charge is 2.45. The molecule has 180 valence electrons. The Labute approximate surface area is 207 Å². The zero-order valence-corrected chi connectivity index (χ0v) is 20.9. The average Bonchev–Trinajstić information content (AvgIpc) is 3.51. The van der Waals surface area contributed by atoms with Gasteiger partial charge in [0.05, 0.1) is 33.7 Å². The minimum absolute atomic E-state index is 0.0282. The molecule has 34 heavy (non-hydrogen) atoms. The molecule has 2 aliphatic carbocycles. The fourth-order valence-electron chi connectivity index (χ4n) is 6.03. The Hall–Kier alpha value is -2.53. The highest BCUT2D eigenvalue weighted by atomic mass is 35.5. The number of rotatable bonds is 6. The number of hydrogen-bond acceptors (Lipinski definition) is 5. The predicted octanol–water partition coefficient (Wildman–Crippen LogP) is 6.61. The molecule has 0 aromatic heterocycles. The van der Waals surface area contributed by atoms with Gasteiger partial charge in [0.25, 0.3) is 0 Å². The maximum atomic E-state index is 12.7. The number of nitrogens with two attached hydrogens (primary N) is 1. The lowest BCUT2D eigenvalue weighted by Crippen LogP contribution is -2.40. The maximum Gasteiger partial charge on any atom is 0.338 e. The highest BCUT2D eigenvalue weighted by Crippen LogP contribution is 2.45. The molecule has 5 rings (SSSR count). The molecule has 1 fully saturated rings. The van der Waals surface area contributed by atoms with Crippen molar-refractivity contribution in [2.45, 2.75) is 77.4 Å². The fourth-order valence-corrected chi connectivity index (χ4v) is 6.20. The summed E-state index contributed by atoms with van der Waals surface area (Å²) in [6, 6.07) is 12.2. The van der Waals surface area contributed by atoms with Crippen LogP contribution >= 0.6 is 11.6 Å². The van der Waals surface area contributed by atoms with Crippen molar-refractivity contribution in [3.8, 4) is 0 Å². The van der Waals surface area contributed by atoms with E-state index in [4.69, 9.17) is 27.2 Å². The molecule has 0 amide bonds. The van der Waals surface area contributed by atoms with Gasteiger partial charge in [0.15, 0.2) is 0 Å². The SMILES string of the molecule is CCC(CC)OC(=O)c1ccc2c(c1)CCC1C2=NN(c2ccc(N)c(Cl)c2)C1C1CCCC1. The highest BCUT2D eigenvalue weighted by molar-refractivity contribution is 6.33.